The highest BCUT2D eigenvalue weighted by Crippen LogP contribution is 2.20. The smallest absolute Gasteiger partial charge is 0.213 e. The van der Waals surface area contributed by atoms with Crippen molar-refractivity contribution < 1.29 is 27.4 Å². The van der Waals surface area contributed by atoms with Gasteiger partial charge in [0.15, 0.2) is 0 Å². The highest BCUT2D eigenvalue weighted by molar-refractivity contribution is 7.89. The molecule has 1 atom stereocenters. The molecule has 0 saturated carbocycles. The molecule has 1 aromatic carbocycles. The van der Waals surface area contributed by atoms with Crippen molar-refractivity contribution in [1.82, 2.24) is 4.72 Å². The van der Waals surface area contributed by atoms with Crippen LogP contribution < -0.4 is 4.72 Å². The van der Waals surface area contributed by atoms with Gasteiger partial charge in [0.05, 0.1) is 25.6 Å². The predicted molar refractivity (Wildman–Crippen MR) is 80.5 cm³/mol. The summed E-state index contributed by atoms with van der Waals surface area (Å²) in [6.07, 6.45) is 0. The summed E-state index contributed by atoms with van der Waals surface area (Å²) < 4.78 is 48.7. The van der Waals surface area contributed by atoms with E-state index in [2.05, 4.69) is 4.72 Å². The van der Waals surface area contributed by atoms with E-state index < -0.39 is 21.4 Å². The molecule has 0 aliphatic carbocycles. The zero-order chi connectivity index (χ0) is 16.6. The van der Waals surface area contributed by atoms with Gasteiger partial charge in [0.2, 0.25) is 10.0 Å². The van der Waals surface area contributed by atoms with E-state index in [0.29, 0.717) is 18.8 Å². The quantitative estimate of drug-likeness (QED) is 0.612. The summed E-state index contributed by atoms with van der Waals surface area (Å²) in [5, 5.41) is 10.3. The maximum Gasteiger partial charge on any atom is 0.213 e. The third kappa shape index (κ3) is 6.80. The molecule has 0 spiro atoms. The monoisotopic (exact) mass is 335 g/mol. The lowest BCUT2D eigenvalue weighted by molar-refractivity contribution is 0.0623. The van der Waals surface area contributed by atoms with Gasteiger partial charge < -0.3 is 14.6 Å². The average Bonchev–Trinajstić information content (AvgIpc) is 2.46. The van der Waals surface area contributed by atoms with E-state index in [0.717, 1.165) is 0 Å². The molecule has 0 heterocycles. The molecule has 22 heavy (non-hydrogen) atoms. The summed E-state index contributed by atoms with van der Waals surface area (Å²) in [4.78, 5) is 0. The van der Waals surface area contributed by atoms with Crippen molar-refractivity contribution in [3.05, 3.63) is 35.6 Å². The maximum atomic E-state index is 12.9. The number of nitrogens with one attached hydrogen (secondary N) is 1. The van der Waals surface area contributed by atoms with Crippen LogP contribution in [0.2, 0.25) is 0 Å². The molecule has 1 rings (SSSR count). The second-order valence-electron chi connectivity index (χ2n) is 5.03. The summed E-state index contributed by atoms with van der Waals surface area (Å²) in [6, 6.07) is 5.25. The van der Waals surface area contributed by atoms with Crippen LogP contribution in [0.25, 0.3) is 0 Å². The number of ether oxygens (including phenoxy) is 2. The van der Waals surface area contributed by atoms with Crippen molar-refractivity contribution in [1.29, 1.82) is 0 Å². The fourth-order valence-corrected chi connectivity index (χ4v) is 2.63. The van der Waals surface area contributed by atoms with E-state index in [-0.39, 0.29) is 18.9 Å². The first-order valence-corrected chi connectivity index (χ1v) is 8.44. The first-order valence-electron chi connectivity index (χ1n) is 6.79. The fraction of sp³-hybridized carbons (Fsp3) is 0.571. The van der Waals surface area contributed by atoms with E-state index >= 15 is 0 Å². The zero-order valence-corrected chi connectivity index (χ0v) is 13.5. The molecule has 0 saturated heterocycles. The van der Waals surface area contributed by atoms with Crippen LogP contribution >= 0.6 is 0 Å². The van der Waals surface area contributed by atoms with E-state index in [9.17, 15) is 17.9 Å². The molecule has 0 bridgehead atoms. The number of aliphatic hydroxyl groups is 1. The summed E-state index contributed by atoms with van der Waals surface area (Å²) in [5.41, 5.74) is -1.01. The first-order chi connectivity index (χ1) is 10.3. The molecule has 0 radical (unpaired) electrons. The second kappa shape index (κ2) is 8.54. The van der Waals surface area contributed by atoms with Crippen molar-refractivity contribution >= 4 is 10.0 Å². The Morgan fingerprint density at radius 3 is 2.45 bits per heavy atom. The van der Waals surface area contributed by atoms with Crippen molar-refractivity contribution in [2.75, 3.05) is 39.2 Å². The van der Waals surface area contributed by atoms with Crippen molar-refractivity contribution in [3.63, 3.8) is 0 Å². The summed E-state index contributed by atoms with van der Waals surface area (Å²) in [7, 11) is -2.04. The molecule has 0 aliphatic rings. The second-order valence-corrected chi connectivity index (χ2v) is 6.95. The molecule has 6 nitrogen and oxygen atoms in total. The zero-order valence-electron chi connectivity index (χ0n) is 12.7. The van der Waals surface area contributed by atoms with Crippen LogP contribution in [-0.4, -0.2) is 52.8 Å². The lowest BCUT2D eigenvalue weighted by Crippen LogP contribution is -2.40. The minimum Gasteiger partial charge on any atom is -0.384 e. The van der Waals surface area contributed by atoms with Gasteiger partial charge in [-0.15, -0.1) is 0 Å². The molecule has 1 aromatic rings. The van der Waals surface area contributed by atoms with Gasteiger partial charge in [0, 0.05) is 13.7 Å². The molecule has 0 aliphatic heterocycles. The standard InChI is InChI=1S/C14H22FNO5S/c1-14(17,12-3-5-13(15)6-4-12)11-16-22(18,19)10-9-21-8-7-20-2/h3-6,16-17H,7-11H2,1-2H3. The van der Waals surface area contributed by atoms with Gasteiger partial charge in [0.1, 0.15) is 11.4 Å². The molecule has 0 amide bonds. The Labute approximate surface area is 130 Å². The molecular weight excluding hydrogens is 313 g/mol. The Hall–Kier alpha value is -1.06. The van der Waals surface area contributed by atoms with E-state index in [1.807, 2.05) is 0 Å². The van der Waals surface area contributed by atoms with Crippen molar-refractivity contribution in [3.8, 4) is 0 Å². The Kier molecular flexibility index (Phi) is 7.37. The van der Waals surface area contributed by atoms with Crippen molar-refractivity contribution in [2.24, 2.45) is 0 Å². The number of benzene rings is 1. The lowest BCUT2D eigenvalue weighted by Gasteiger charge is -2.24. The summed E-state index contributed by atoms with van der Waals surface area (Å²) in [6.45, 7) is 2.00. The average molecular weight is 335 g/mol. The van der Waals surface area contributed by atoms with Crippen LogP contribution in [0.5, 0.6) is 0 Å². The highest BCUT2D eigenvalue weighted by atomic mass is 32.2. The number of hydrogen-bond acceptors (Lipinski definition) is 5. The van der Waals surface area contributed by atoms with Crippen LogP contribution in [0, 0.1) is 5.82 Å². The first kappa shape index (κ1) is 19.0. The van der Waals surface area contributed by atoms with E-state index in [1.54, 1.807) is 0 Å². The molecule has 126 valence electrons. The predicted octanol–water partition coefficient (Wildman–Crippen LogP) is 0.616. The number of methoxy groups -OCH3 is 1. The summed E-state index contributed by atoms with van der Waals surface area (Å²) >= 11 is 0. The number of halogens is 1. The van der Waals surface area contributed by atoms with Gasteiger partial charge in [-0.2, -0.15) is 0 Å². The van der Waals surface area contributed by atoms with E-state index in [4.69, 9.17) is 9.47 Å². The topological polar surface area (TPSA) is 84.9 Å². The Bertz CT molecular complexity index is 545. The Balaban J connectivity index is 2.47. The number of rotatable bonds is 10. The normalized spacial score (nSPS) is 14.7. The van der Waals surface area contributed by atoms with Gasteiger partial charge in [-0.25, -0.2) is 17.5 Å². The minimum atomic E-state index is -3.57. The molecule has 0 fully saturated rings. The molecule has 8 heteroatoms. The molecule has 1 unspecified atom stereocenters. The van der Waals surface area contributed by atoms with E-state index in [1.165, 1.54) is 38.3 Å². The SMILES string of the molecule is COCCOCCS(=O)(=O)NCC(C)(O)c1ccc(F)cc1. The molecular formula is C14H22FNO5S. The minimum absolute atomic E-state index is 0.0391. The van der Waals surface area contributed by atoms with Crippen LogP contribution in [0.15, 0.2) is 24.3 Å². The van der Waals surface area contributed by atoms with Gasteiger partial charge in [-0.3, -0.25) is 0 Å². The Morgan fingerprint density at radius 1 is 1.23 bits per heavy atom. The van der Waals surface area contributed by atoms with Gasteiger partial charge in [-0.1, -0.05) is 12.1 Å². The summed E-state index contributed by atoms with van der Waals surface area (Å²) in [5.74, 6) is -0.635. The molecule has 0 aromatic heterocycles. The van der Waals surface area contributed by atoms with Crippen LogP contribution in [-0.2, 0) is 25.1 Å². The third-order valence-electron chi connectivity index (χ3n) is 3.03. The molecule has 2 N–H and O–H groups in total. The maximum absolute atomic E-state index is 12.9. The largest absolute Gasteiger partial charge is 0.384 e. The Morgan fingerprint density at radius 2 is 1.86 bits per heavy atom. The van der Waals surface area contributed by atoms with Crippen LogP contribution in [0.4, 0.5) is 4.39 Å². The van der Waals surface area contributed by atoms with Crippen LogP contribution in [0.3, 0.4) is 0 Å². The van der Waals surface area contributed by atoms with Crippen LogP contribution in [0.1, 0.15) is 12.5 Å². The van der Waals surface area contributed by atoms with Crippen molar-refractivity contribution in [2.45, 2.75) is 12.5 Å². The fourth-order valence-electron chi connectivity index (χ4n) is 1.65. The van der Waals surface area contributed by atoms with Gasteiger partial charge in [-0.05, 0) is 24.6 Å². The van der Waals surface area contributed by atoms with Gasteiger partial charge >= 0.3 is 0 Å². The third-order valence-corrected chi connectivity index (χ3v) is 4.32. The van der Waals surface area contributed by atoms with Gasteiger partial charge in [0.25, 0.3) is 0 Å². The lowest BCUT2D eigenvalue weighted by atomic mass is 9.96. The number of sulfonamides is 1. The highest BCUT2D eigenvalue weighted by Gasteiger charge is 2.25. The number of hydrogen-bond donors (Lipinski definition) is 2.